The van der Waals surface area contributed by atoms with Crippen molar-refractivity contribution in [2.45, 2.75) is 46.6 Å². The van der Waals surface area contributed by atoms with Gasteiger partial charge in [-0.25, -0.2) is 9.97 Å². The number of methoxy groups -OCH3 is 1. The third kappa shape index (κ3) is 4.63. The molecule has 0 saturated carbocycles. The molecule has 114 valence electrons. The molecule has 0 aliphatic carbocycles. The highest BCUT2D eigenvalue weighted by Gasteiger charge is 2.17. The number of ether oxygens (including phenoxy) is 1. The van der Waals surface area contributed by atoms with Crippen LogP contribution in [0.2, 0.25) is 0 Å². The van der Waals surface area contributed by atoms with Gasteiger partial charge in [0.15, 0.2) is 0 Å². The Balaban J connectivity index is 2.99. The SMILES string of the molecule is CCCc1c(NCC)ncnc1NC(COC)C(C)C. The Morgan fingerprint density at radius 2 is 1.90 bits per heavy atom. The van der Waals surface area contributed by atoms with Crippen LogP contribution in [0.1, 0.15) is 39.7 Å². The van der Waals surface area contributed by atoms with Gasteiger partial charge in [0, 0.05) is 19.2 Å². The van der Waals surface area contributed by atoms with Crippen molar-refractivity contribution in [1.29, 1.82) is 0 Å². The first-order chi connectivity index (χ1) is 9.63. The predicted molar refractivity (Wildman–Crippen MR) is 84.3 cm³/mol. The van der Waals surface area contributed by atoms with Crippen molar-refractivity contribution in [1.82, 2.24) is 9.97 Å². The molecule has 2 N–H and O–H groups in total. The van der Waals surface area contributed by atoms with E-state index in [9.17, 15) is 0 Å². The van der Waals surface area contributed by atoms with Gasteiger partial charge in [0.25, 0.3) is 0 Å². The highest BCUT2D eigenvalue weighted by Crippen LogP contribution is 2.23. The van der Waals surface area contributed by atoms with Gasteiger partial charge in [-0.1, -0.05) is 27.2 Å². The number of aromatic nitrogens is 2. The van der Waals surface area contributed by atoms with Crippen LogP contribution in [0.15, 0.2) is 6.33 Å². The molecule has 20 heavy (non-hydrogen) atoms. The zero-order valence-electron chi connectivity index (χ0n) is 13.4. The maximum atomic E-state index is 5.29. The van der Waals surface area contributed by atoms with E-state index in [1.54, 1.807) is 13.4 Å². The molecule has 1 aromatic rings. The molecule has 1 aromatic heterocycles. The van der Waals surface area contributed by atoms with E-state index >= 15 is 0 Å². The van der Waals surface area contributed by atoms with Crippen LogP contribution < -0.4 is 10.6 Å². The first-order valence-corrected chi connectivity index (χ1v) is 7.47. The number of hydrogen-bond donors (Lipinski definition) is 2. The molecule has 1 unspecified atom stereocenters. The second-order valence-corrected chi connectivity index (χ2v) is 5.28. The molecule has 0 amide bonds. The molecule has 0 bridgehead atoms. The van der Waals surface area contributed by atoms with Crippen molar-refractivity contribution in [3.8, 4) is 0 Å². The lowest BCUT2D eigenvalue weighted by molar-refractivity contribution is 0.171. The Bertz CT molecular complexity index is 395. The molecule has 0 radical (unpaired) electrons. The van der Waals surface area contributed by atoms with Crippen LogP contribution in [-0.2, 0) is 11.2 Å². The van der Waals surface area contributed by atoms with Crippen molar-refractivity contribution in [3.05, 3.63) is 11.9 Å². The average molecular weight is 280 g/mol. The maximum absolute atomic E-state index is 5.29. The van der Waals surface area contributed by atoms with E-state index in [0.29, 0.717) is 12.5 Å². The van der Waals surface area contributed by atoms with Crippen LogP contribution in [0.5, 0.6) is 0 Å². The summed E-state index contributed by atoms with van der Waals surface area (Å²) in [7, 11) is 1.73. The van der Waals surface area contributed by atoms with Crippen LogP contribution in [0.4, 0.5) is 11.6 Å². The van der Waals surface area contributed by atoms with Gasteiger partial charge in [-0.2, -0.15) is 0 Å². The van der Waals surface area contributed by atoms with E-state index in [1.807, 2.05) is 0 Å². The largest absolute Gasteiger partial charge is 0.383 e. The quantitative estimate of drug-likeness (QED) is 0.728. The average Bonchev–Trinajstić information content (AvgIpc) is 2.42. The highest BCUT2D eigenvalue weighted by atomic mass is 16.5. The van der Waals surface area contributed by atoms with Crippen molar-refractivity contribution >= 4 is 11.6 Å². The summed E-state index contributed by atoms with van der Waals surface area (Å²) in [6.45, 7) is 10.1. The molecule has 0 spiro atoms. The van der Waals surface area contributed by atoms with Gasteiger partial charge in [-0.05, 0) is 19.3 Å². The predicted octanol–water partition coefficient (Wildman–Crippen LogP) is 2.94. The molecule has 5 nitrogen and oxygen atoms in total. The standard InChI is InChI=1S/C15H28N4O/c1-6-8-12-14(16-7-2)17-10-18-15(12)19-13(9-20-5)11(3)4/h10-11,13H,6-9H2,1-5H3,(H2,16,17,18,19). The van der Waals surface area contributed by atoms with Gasteiger partial charge in [0.1, 0.15) is 18.0 Å². The fraction of sp³-hybridized carbons (Fsp3) is 0.733. The van der Waals surface area contributed by atoms with E-state index in [2.05, 4.69) is 48.3 Å². The van der Waals surface area contributed by atoms with Gasteiger partial charge in [0.2, 0.25) is 0 Å². The zero-order chi connectivity index (χ0) is 15.0. The molecule has 1 rings (SSSR count). The molecule has 0 aliphatic rings. The monoisotopic (exact) mass is 280 g/mol. The first-order valence-electron chi connectivity index (χ1n) is 7.47. The number of hydrogen-bond acceptors (Lipinski definition) is 5. The molecule has 1 atom stereocenters. The lowest BCUT2D eigenvalue weighted by Gasteiger charge is -2.24. The van der Waals surface area contributed by atoms with Gasteiger partial charge >= 0.3 is 0 Å². The number of nitrogens with one attached hydrogen (secondary N) is 2. The van der Waals surface area contributed by atoms with Crippen molar-refractivity contribution in [2.75, 3.05) is 30.9 Å². The topological polar surface area (TPSA) is 59.1 Å². The summed E-state index contributed by atoms with van der Waals surface area (Å²) in [5.41, 5.74) is 1.17. The summed E-state index contributed by atoms with van der Waals surface area (Å²) >= 11 is 0. The summed E-state index contributed by atoms with van der Waals surface area (Å²) in [6.07, 6.45) is 3.64. The van der Waals surface area contributed by atoms with Crippen molar-refractivity contribution in [2.24, 2.45) is 5.92 Å². The molecule has 0 aromatic carbocycles. The number of nitrogens with zero attached hydrogens (tertiary/aromatic N) is 2. The molecular weight excluding hydrogens is 252 g/mol. The Hall–Kier alpha value is -1.36. The minimum Gasteiger partial charge on any atom is -0.383 e. The summed E-state index contributed by atoms with van der Waals surface area (Å²) in [6, 6.07) is 0.250. The van der Waals surface area contributed by atoms with E-state index in [0.717, 1.165) is 31.0 Å². The van der Waals surface area contributed by atoms with E-state index in [1.165, 1.54) is 5.56 Å². The van der Waals surface area contributed by atoms with E-state index in [-0.39, 0.29) is 6.04 Å². The van der Waals surface area contributed by atoms with Crippen LogP contribution in [0.25, 0.3) is 0 Å². The van der Waals surface area contributed by atoms with Crippen LogP contribution in [-0.4, -0.2) is 36.3 Å². The number of rotatable bonds is 9. The Morgan fingerprint density at radius 1 is 1.20 bits per heavy atom. The Kier molecular flexibility index (Phi) is 7.30. The lowest BCUT2D eigenvalue weighted by Crippen LogP contribution is -2.31. The van der Waals surface area contributed by atoms with Gasteiger partial charge < -0.3 is 15.4 Å². The van der Waals surface area contributed by atoms with Crippen LogP contribution >= 0.6 is 0 Å². The fourth-order valence-electron chi connectivity index (χ4n) is 2.10. The summed E-state index contributed by atoms with van der Waals surface area (Å²) in [4.78, 5) is 8.78. The van der Waals surface area contributed by atoms with Gasteiger partial charge in [0.05, 0.1) is 12.6 Å². The smallest absolute Gasteiger partial charge is 0.135 e. The second-order valence-electron chi connectivity index (χ2n) is 5.28. The third-order valence-corrected chi connectivity index (χ3v) is 3.26. The minimum absolute atomic E-state index is 0.250. The third-order valence-electron chi connectivity index (χ3n) is 3.26. The molecule has 1 heterocycles. The maximum Gasteiger partial charge on any atom is 0.135 e. The van der Waals surface area contributed by atoms with Crippen molar-refractivity contribution < 1.29 is 4.74 Å². The molecule has 0 aliphatic heterocycles. The molecule has 5 heteroatoms. The Morgan fingerprint density at radius 3 is 2.45 bits per heavy atom. The zero-order valence-corrected chi connectivity index (χ0v) is 13.4. The summed E-state index contributed by atoms with van der Waals surface area (Å²) in [5, 5.41) is 6.83. The minimum atomic E-state index is 0.250. The molecule has 0 saturated heterocycles. The van der Waals surface area contributed by atoms with Gasteiger partial charge in [-0.15, -0.1) is 0 Å². The van der Waals surface area contributed by atoms with Crippen molar-refractivity contribution in [3.63, 3.8) is 0 Å². The normalized spacial score (nSPS) is 12.5. The van der Waals surface area contributed by atoms with Crippen LogP contribution in [0.3, 0.4) is 0 Å². The fourth-order valence-corrected chi connectivity index (χ4v) is 2.10. The second kappa shape index (κ2) is 8.74. The lowest BCUT2D eigenvalue weighted by atomic mass is 10.0. The Labute approximate surface area is 122 Å². The summed E-state index contributed by atoms with van der Waals surface area (Å²) in [5.74, 6) is 2.34. The molecular formula is C15H28N4O. The van der Waals surface area contributed by atoms with E-state index in [4.69, 9.17) is 4.74 Å². The number of anilines is 2. The summed E-state index contributed by atoms with van der Waals surface area (Å²) < 4.78 is 5.29. The van der Waals surface area contributed by atoms with Crippen LogP contribution in [0, 0.1) is 5.92 Å². The first kappa shape index (κ1) is 16.7. The molecule has 0 fully saturated rings. The highest BCUT2D eigenvalue weighted by molar-refractivity contribution is 5.57. The van der Waals surface area contributed by atoms with E-state index < -0.39 is 0 Å². The van der Waals surface area contributed by atoms with Gasteiger partial charge in [-0.3, -0.25) is 0 Å².